The molecule has 1 saturated carbocycles. The van der Waals surface area contributed by atoms with Crippen LogP contribution in [-0.2, 0) is 75.0 Å². The number of aliphatic hydroxyl groups excluding tert-OH is 1. The molecule has 3 saturated heterocycles. The number of esters is 3. The summed E-state index contributed by atoms with van der Waals surface area (Å²) >= 11 is 5.27. The van der Waals surface area contributed by atoms with Gasteiger partial charge in [-0.3, -0.25) is 9.69 Å². The fourth-order valence-electron chi connectivity index (χ4n) is 15.2. The van der Waals surface area contributed by atoms with E-state index >= 15 is 0 Å². The molecule has 4 atom stereocenters. The van der Waals surface area contributed by atoms with Crippen molar-refractivity contribution in [3.8, 4) is 0 Å². The fourth-order valence-corrected chi connectivity index (χ4v) is 35.2. The minimum absolute atomic E-state index is 0. The Morgan fingerprint density at radius 2 is 0.985 bits per heavy atom. The average Bonchev–Trinajstić information content (AvgIpc) is 1.57. The van der Waals surface area contributed by atoms with Crippen molar-refractivity contribution in [3.63, 3.8) is 0 Å². The molecule has 131 heavy (non-hydrogen) atoms. The largest absolute Gasteiger partial charge is 0.0622 e. The molecule has 29 heteroatoms. The number of unbranched alkanes of at least 4 members (excludes halogenated alkanes) is 3. The summed E-state index contributed by atoms with van der Waals surface area (Å²) in [7, 11) is 9.05. The predicted octanol–water partition coefficient (Wildman–Crippen LogP) is 23.0. The quantitative estimate of drug-likeness (QED) is 0.0152. The molecule has 4 aliphatic rings. The summed E-state index contributed by atoms with van der Waals surface area (Å²) < 4.78 is 73.8. The Balaban J connectivity index is 0.000000534. The number of hydrogen-bond donors (Lipinski definition) is 2. The van der Waals surface area contributed by atoms with Gasteiger partial charge in [-0.1, -0.05) is 247 Å². The van der Waals surface area contributed by atoms with E-state index in [1.54, 1.807) is 89.3 Å². The van der Waals surface area contributed by atoms with Crippen molar-refractivity contribution >= 4 is 153 Å². The number of aliphatic hydroxyl groups is 1. The summed E-state index contributed by atoms with van der Waals surface area (Å²) in [6.45, 7) is 25.2. The number of rotatable bonds is 28. The Morgan fingerprint density at radius 3 is 1.33 bits per heavy atom. The first-order valence-electron chi connectivity index (χ1n) is 43.9. The number of benzene rings is 7. The molecule has 5 heterocycles. The number of ether oxygens (including phenoxy) is 4. The molecule has 0 radical (unpaired) electrons. The van der Waals surface area contributed by atoms with Crippen molar-refractivity contribution in [2.45, 2.75) is 220 Å². The molecule has 1 aliphatic carbocycles. The number of sulfonamides is 1. The van der Waals surface area contributed by atoms with Crippen LogP contribution in [0.5, 0.6) is 0 Å². The zero-order chi connectivity index (χ0) is 94.5. The Kier molecular flexibility index (Phi) is 60.1. The van der Waals surface area contributed by atoms with Gasteiger partial charge >= 0.3 is 186 Å². The molecule has 0 bridgehead atoms. The molecule has 1 amide bonds. The Labute approximate surface area is 828 Å². The molecule has 9 aromatic rings. The maximum Gasteiger partial charge on any atom is -0.0134 e. The number of pyridine rings is 2. The number of amides is 1. The van der Waals surface area contributed by atoms with Gasteiger partial charge in [-0.25, -0.2) is 32.8 Å². The van der Waals surface area contributed by atoms with E-state index < -0.39 is 80.3 Å². The van der Waals surface area contributed by atoms with Crippen molar-refractivity contribution in [2.24, 2.45) is 0 Å². The summed E-state index contributed by atoms with van der Waals surface area (Å²) in [6, 6.07) is 81.0. The number of piperazine rings is 1. The van der Waals surface area contributed by atoms with Crippen molar-refractivity contribution in [1.82, 2.24) is 29.4 Å². The van der Waals surface area contributed by atoms with Crippen molar-refractivity contribution in [3.05, 3.63) is 287 Å². The van der Waals surface area contributed by atoms with Crippen molar-refractivity contribution in [2.75, 3.05) is 54.1 Å². The number of halogens is 4. The fraction of sp³-hybridized carbons (Fsp3) is 0.412. The van der Waals surface area contributed by atoms with Gasteiger partial charge in [0.2, 0.25) is 10.0 Å². The molecular formula is C102H140BrCl3N6O13P2PdPtSSn. The number of carbonyl (C=O) groups excluding carboxylic acids is 4. The molecule has 2 N–H and O–H groups in total. The normalized spacial score (nSPS) is 16.0. The first-order chi connectivity index (χ1) is 62.3. The van der Waals surface area contributed by atoms with Crippen LogP contribution in [0.25, 0.3) is 6.08 Å². The molecule has 13 rings (SSSR count). The first kappa shape index (κ1) is 119. The summed E-state index contributed by atoms with van der Waals surface area (Å²) in [6.07, 6.45) is 18.4. The topological polar surface area (TPSA) is 241 Å². The number of nitrogens with zero attached hydrogens (tertiary/aromatic N) is 5. The summed E-state index contributed by atoms with van der Waals surface area (Å²) in [5.41, 5.74) is 0.169. The van der Waals surface area contributed by atoms with Gasteiger partial charge in [-0.2, -0.15) is 4.31 Å². The maximum atomic E-state index is 13.8. The number of carbonyl (C=O) groups is 4. The van der Waals surface area contributed by atoms with E-state index in [9.17, 15) is 32.7 Å². The van der Waals surface area contributed by atoms with E-state index in [0.29, 0.717) is 84.6 Å². The van der Waals surface area contributed by atoms with Crippen LogP contribution in [0.2, 0.25) is 18.3 Å². The summed E-state index contributed by atoms with van der Waals surface area (Å²) in [5.74, 6) is -0.974. The molecule has 724 valence electrons. The third-order valence-corrected chi connectivity index (χ3v) is 44.1. The van der Waals surface area contributed by atoms with Crippen LogP contribution >= 0.6 is 62.4 Å². The monoisotopic (exact) mass is 2360 g/mol. The number of methoxy groups -OCH3 is 3. The number of aromatic nitrogens is 2. The standard InChI is InChI=1S/C25H38ClN3O5S.2C18H15P.C9H17NO2.C9H9NO2.C7H6BrNO2.3C4H9.C2H3.2CH4.2ClH.2O.Pd.Pt.Sn.H2/c1-4-20-6-5-7-22(29(20)35(32,33)21-10-8-19(26)9-11-21)25(12-13-25)34-23(31)27-14-16-28(17-15-27)24(2,3)18-30;2*1-4-10-16(11-5-1)19(17-12-6-2-7-13-17)18-14-8-3-9-15-18;2*1-3-7-5-4-6-8(10-7)9(11)12-2;1-11-7(10)5-3-2-4-6(8)9-5;3*1-3-4-2;1-2;;;;;;;;;;/h8-11,20,22,30H,4-7,12-18H2,1-3H3;2*1-15H;7-8,10H,3-6H2,1-2H3;3-6H,1H2,2H3;2-4H,1H3;3*1,3-4H2,2H3;1H,2H2;2*1H4;2*1H;;;;;;1H/q;;;;;;;;;;;;;;;;+2;;;/p-2/t20-,22-;;;7-,8-;;;;;;;;;;;;;;;;/m1..1................/s1. The minimum atomic E-state index is -3.78. The zero-order valence-electron chi connectivity index (χ0n) is 76.0. The second kappa shape index (κ2) is 66.3. The van der Waals surface area contributed by atoms with Gasteiger partial charge in [0.05, 0.1) is 44.6 Å². The molecule has 2 aromatic heterocycles. The molecular weight excluding hydrogens is 2220 g/mol. The number of piperidine rings is 2. The molecule has 7 aromatic carbocycles. The van der Waals surface area contributed by atoms with Gasteiger partial charge < -0.3 is 34.3 Å². The molecule has 3 aliphatic heterocycles. The van der Waals surface area contributed by atoms with Gasteiger partial charge in [-0.05, 0) is 190 Å². The minimum Gasteiger partial charge on any atom is -0.0622 e. The van der Waals surface area contributed by atoms with Gasteiger partial charge in [0, 0.05) is 50.3 Å². The van der Waals surface area contributed by atoms with E-state index in [2.05, 4.69) is 277 Å². The van der Waals surface area contributed by atoms with E-state index in [1.165, 1.54) is 98.1 Å². The van der Waals surface area contributed by atoms with E-state index in [1.807, 2.05) is 20.8 Å². The SMILES string of the molecule is C.C.C=Cc1cccc(C(=O)OC)n1.C=[CH][Sn]([CH2]CCC)([CH2]CCC)[CH2]CCC.CC[C@@H]1CCC[C@H](C(=O)OC)N1.CC[C@@H]1CCC[C@H](C2(OC(=O)N3CCN(C(C)(C)CO)CC3)CC2)N1S(=O)(=O)c1ccc(Cl)cc1.COC(=O)c1cccc(Br)n1.[Cl][Pd][Cl].[HH].[O]=[Pt]=[O].c1ccc(P(c2ccccc2)c2ccccc2)cc1.c1ccc(P(c2ccccc2)c2ccccc2)cc1. The molecule has 19 nitrogen and oxygen atoms in total. The third kappa shape index (κ3) is 40.5. The Morgan fingerprint density at radius 1 is 0.588 bits per heavy atom. The van der Waals surface area contributed by atoms with Crippen LogP contribution in [0.4, 0.5) is 4.79 Å². The Hall–Kier alpha value is -6.25. The van der Waals surface area contributed by atoms with Crippen LogP contribution in [0, 0.1) is 0 Å². The van der Waals surface area contributed by atoms with Gasteiger partial charge in [0.15, 0.2) is 0 Å². The van der Waals surface area contributed by atoms with Crippen LogP contribution in [-0.4, -0.2) is 169 Å². The predicted molar refractivity (Wildman–Crippen MR) is 545 cm³/mol. The van der Waals surface area contributed by atoms with Crippen molar-refractivity contribution < 1.29 is 94.3 Å². The van der Waals surface area contributed by atoms with Gasteiger partial charge in [0.25, 0.3) is 0 Å². The summed E-state index contributed by atoms with van der Waals surface area (Å²) in [4.78, 5) is 58.1. The summed E-state index contributed by atoms with van der Waals surface area (Å²) in [5, 5.41) is 21.8. The molecule has 0 spiro atoms. The van der Waals surface area contributed by atoms with Gasteiger partial charge in [0.1, 0.15) is 27.6 Å². The maximum absolute atomic E-state index is 13.8. The second-order valence-corrected chi connectivity index (χ2v) is 55.1. The number of hydrogen-bond acceptors (Lipinski definition) is 17. The van der Waals surface area contributed by atoms with Crippen LogP contribution in [0.3, 0.4) is 0 Å². The van der Waals surface area contributed by atoms with E-state index in [-0.39, 0.29) is 79.4 Å². The van der Waals surface area contributed by atoms with Crippen molar-refractivity contribution in [1.29, 1.82) is 0 Å². The smallest absolute Gasteiger partial charge is 0.0134 e. The molecule has 0 unspecified atom stereocenters. The van der Waals surface area contributed by atoms with E-state index in [0.717, 1.165) is 32.1 Å². The zero-order valence-corrected chi connectivity index (χ0v) is 89.1. The van der Waals surface area contributed by atoms with E-state index in [4.69, 9.17) is 42.2 Å². The Bertz CT molecular complexity index is 4550. The van der Waals surface area contributed by atoms with Crippen LogP contribution in [0.15, 0.2) is 269 Å². The first-order valence-corrected chi connectivity index (χ1v) is 62.7. The van der Waals surface area contributed by atoms with Gasteiger partial charge in [-0.15, -0.1) is 0 Å². The average molecular weight is 2360 g/mol. The molecule has 4 fully saturated rings. The van der Waals surface area contributed by atoms with Crippen LogP contribution in [0.1, 0.15) is 194 Å². The second-order valence-electron chi connectivity index (χ2n) is 31.6. The number of nitrogens with one attached hydrogen (secondary N) is 1. The van der Waals surface area contributed by atoms with Crippen LogP contribution < -0.4 is 37.1 Å². The third-order valence-electron chi connectivity index (χ3n) is 22.5.